The first-order valence-electron chi connectivity index (χ1n) is 6.15. The van der Waals surface area contributed by atoms with E-state index < -0.39 is 0 Å². The minimum Gasteiger partial charge on any atom is -0.370 e. The summed E-state index contributed by atoms with van der Waals surface area (Å²) in [6.45, 7) is 1.51. The van der Waals surface area contributed by atoms with Crippen LogP contribution in [0.15, 0.2) is 18.2 Å². The minimum absolute atomic E-state index is 0.153. The van der Waals surface area contributed by atoms with Crippen LogP contribution in [0.4, 0.5) is 10.1 Å². The number of nitrogens with two attached hydrogens (primary N) is 2. The Hall–Kier alpha value is -1.62. The number of amides is 1. The maximum atomic E-state index is 13.7. The number of benzene rings is 1. The van der Waals surface area contributed by atoms with Crippen LogP contribution in [0.3, 0.4) is 0 Å². The lowest BCUT2D eigenvalue weighted by molar-refractivity contribution is -0.122. The fourth-order valence-electron chi connectivity index (χ4n) is 2.47. The van der Waals surface area contributed by atoms with Gasteiger partial charge in [-0.25, -0.2) is 4.39 Å². The van der Waals surface area contributed by atoms with Crippen molar-refractivity contribution < 1.29 is 9.18 Å². The molecule has 1 atom stereocenters. The highest BCUT2D eigenvalue weighted by molar-refractivity contribution is 5.77. The number of halogens is 1. The first-order chi connectivity index (χ1) is 8.63. The van der Waals surface area contributed by atoms with Gasteiger partial charge in [-0.2, -0.15) is 0 Å². The van der Waals surface area contributed by atoms with Crippen LogP contribution in [0.2, 0.25) is 0 Å². The zero-order valence-corrected chi connectivity index (χ0v) is 10.2. The molecule has 1 heterocycles. The maximum Gasteiger partial charge on any atom is 0.222 e. The van der Waals surface area contributed by atoms with Crippen LogP contribution in [0.5, 0.6) is 0 Å². The number of piperidine rings is 1. The van der Waals surface area contributed by atoms with Crippen LogP contribution >= 0.6 is 0 Å². The van der Waals surface area contributed by atoms with Crippen molar-refractivity contribution in [1.82, 2.24) is 0 Å². The highest BCUT2D eigenvalue weighted by Gasteiger charge is 2.25. The van der Waals surface area contributed by atoms with Gasteiger partial charge >= 0.3 is 0 Å². The summed E-state index contributed by atoms with van der Waals surface area (Å²) in [5.74, 6) is -0.741. The average Bonchev–Trinajstić information content (AvgIpc) is 2.38. The number of carbonyl (C=O) groups is 1. The van der Waals surface area contributed by atoms with Gasteiger partial charge in [0.25, 0.3) is 0 Å². The summed E-state index contributed by atoms with van der Waals surface area (Å²) in [7, 11) is 0. The van der Waals surface area contributed by atoms with Crippen molar-refractivity contribution in [2.24, 2.45) is 17.4 Å². The van der Waals surface area contributed by atoms with Crippen LogP contribution in [0.25, 0.3) is 0 Å². The lowest BCUT2D eigenvalue weighted by Gasteiger charge is -2.34. The third kappa shape index (κ3) is 2.46. The molecule has 0 spiro atoms. The first-order valence-corrected chi connectivity index (χ1v) is 6.15. The van der Waals surface area contributed by atoms with Gasteiger partial charge in [0.15, 0.2) is 0 Å². The molecule has 1 aromatic carbocycles. The third-order valence-electron chi connectivity index (χ3n) is 3.46. The fourth-order valence-corrected chi connectivity index (χ4v) is 2.47. The van der Waals surface area contributed by atoms with E-state index >= 15 is 0 Å². The quantitative estimate of drug-likeness (QED) is 0.841. The van der Waals surface area contributed by atoms with Gasteiger partial charge in [-0.15, -0.1) is 0 Å². The van der Waals surface area contributed by atoms with Gasteiger partial charge in [-0.1, -0.05) is 6.07 Å². The highest BCUT2D eigenvalue weighted by Crippen LogP contribution is 2.27. The van der Waals surface area contributed by atoms with Crippen molar-refractivity contribution in [3.63, 3.8) is 0 Å². The maximum absolute atomic E-state index is 13.7. The fraction of sp³-hybridized carbons (Fsp3) is 0.462. The summed E-state index contributed by atoms with van der Waals surface area (Å²) < 4.78 is 13.7. The summed E-state index contributed by atoms with van der Waals surface area (Å²) in [5.41, 5.74) is 12.2. The van der Waals surface area contributed by atoms with Crippen molar-refractivity contribution in [3.05, 3.63) is 29.6 Å². The second-order valence-electron chi connectivity index (χ2n) is 4.63. The normalized spacial score (nSPS) is 19.9. The Morgan fingerprint density at radius 3 is 2.94 bits per heavy atom. The Labute approximate surface area is 106 Å². The Morgan fingerprint density at radius 2 is 2.28 bits per heavy atom. The Morgan fingerprint density at radius 1 is 1.50 bits per heavy atom. The molecule has 5 heteroatoms. The van der Waals surface area contributed by atoms with Crippen molar-refractivity contribution in [1.29, 1.82) is 0 Å². The molecule has 1 aliphatic heterocycles. The molecule has 0 aliphatic carbocycles. The van der Waals surface area contributed by atoms with E-state index in [0.717, 1.165) is 25.1 Å². The lowest BCUT2D eigenvalue weighted by atomic mass is 9.96. The van der Waals surface area contributed by atoms with E-state index in [1.807, 2.05) is 11.0 Å². The molecule has 18 heavy (non-hydrogen) atoms. The Bertz CT molecular complexity index is 450. The number of rotatable bonds is 3. The molecule has 4 N–H and O–H groups in total. The molecule has 98 valence electrons. The standard InChI is InChI=1S/C13H18FN3O/c14-11-4-1-5-12(10(11)7-15)17-6-2-3-9(8-17)13(16)18/h1,4-5,9H,2-3,6-8,15H2,(H2,16,18). The molecule has 1 aromatic rings. The third-order valence-corrected chi connectivity index (χ3v) is 3.46. The molecule has 0 bridgehead atoms. The van der Waals surface area contributed by atoms with E-state index in [0.29, 0.717) is 12.1 Å². The van der Waals surface area contributed by atoms with Gasteiger partial charge in [-0.05, 0) is 25.0 Å². The molecule has 1 amide bonds. The minimum atomic E-state index is -0.295. The van der Waals surface area contributed by atoms with E-state index in [1.165, 1.54) is 6.07 Å². The summed E-state index contributed by atoms with van der Waals surface area (Å²) >= 11 is 0. The van der Waals surface area contributed by atoms with Gasteiger partial charge < -0.3 is 16.4 Å². The van der Waals surface area contributed by atoms with E-state index in [-0.39, 0.29) is 24.2 Å². The number of hydrogen-bond acceptors (Lipinski definition) is 3. The monoisotopic (exact) mass is 251 g/mol. The second-order valence-corrected chi connectivity index (χ2v) is 4.63. The van der Waals surface area contributed by atoms with Crippen molar-refractivity contribution in [2.45, 2.75) is 19.4 Å². The molecule has 0 radical (unpaired) electrons. The number of carbonyl (C=O) groups excluding carboxylic acids is 1. The predicted molar refractivity (Wildman–Crippen MR) is 68.4 cm³/mol. The van der Waals surface area contributed by atoms with E-state index in [4.69, 9.17) is 11.5 Å². The molecule has 1 fully saturated rings. The van der Waals surface area contributed by atoms with Crippen LogP contribution in [0, 0.1) is 11.7 Å². The second kappa shape index (κ2) is 5.35. The topological polar surface area (TPSA) is 72.3 Å². The highest BCUT2D eigenvalue weighted by atomic mass is 19.1. The van der Waals surface area contributed by atoms with Gasteiger partial charge in [-0.3, -0.25) is 4.79 Å². The molecule has 1 saturated heterocycles. The summed E-state index contributed by atoms with van der Waals surface area (Å²) in [5, 5.41) is 0. The summed E-state index contributed by atoms with van der Waals surface area (Å²) in [6, 6.07) is 4.91. The summed E-state index contributed by atoms with van der Waals surface area (Å²) in [6.07, 6.45) is 1.69. The van der Waals surface area contributed by atoms with Gasteiger partial charge in [0, 0.05) is 30.9 Å². The zero-order chi connectivity index (χ0) is 13.1. The molecule has 2 rings (SSSR count). The van der Waals surface area contributed by atoms with Gasteiger partial charge in [0.05, 0.1) is 5.92 Å². The molecule has 0 saturated carbocycles. The van der Waals surface area contributed by atoms with Gasteiger partial charge in [0.2, 0.25) is 5.91 Å². The van der Waals surface area contributed by atoms with E-state index in [2.05, 4.69) is 0 Å². The molecular formula is C13H18FN3O. The van der Waals surface area contributed by atoms with E-state index in [9.17, 15) is 9.18 Å². The van der Waals surface area contributed by atoms with Crippen molar-refractivity contribution in [3.8, 4) is 0 Å². The number of primary amides is 1. The van der Waals surface area contributed by atoms with Crippen LogP contribution in [0.1, 0.15) is 18.4 Å². The smallest absolute Gasteiger partial charge is 0.222 e. The Balaban J connectivity index is 2.26. The molecule has 1 unspecified atom stereocenters. The van der Waals surface area contributed by atoms with Crippen molar-refractivity contribution in [2.75, 3.05) is 18.0 Å². The zero-order valence-electron chi connectivity index (χ0n) is 10.2. The van der Waals surface area contributed by atoms with Crippen LogP contribution in [-0.4, -0.2) is 19.0 Å². The average molecular weight is 251 g/mol. The SMILES string of the molecule is NCc1c(F)cccc1N1CCCC(C(N)=O)C1. The van der Waals surface area contributed by atoms with Crippen molar-refractivity contribution >= 4 is 11.6 Å². The van der Waals surface area contributed by atoms with Gasteiger partial charge in [0.1, 0.15) is 5.82 Å². The predicted octanol–water partition coefficient (Wildman–Crippen LogP) is 0.986. The molecule has 4 nitrogen and oxygen atoms in total. The lowest BCUT2D eigenvalue weighted by Crippen LogP contribution is -2.41. The number of nitrogens with zero attached hydrogens (tertiary/aromatic N) is 1. The largest absolute Gasteiger partial charge is 0.370 e. The number of anilines is 1. The molecule has 1 aliphatic rings. The van der Waals surface area contributed by atoms with E-state index in [1.54, 1.807) is 6.07 Å². The Kier molecular flexibility index (Phi) is 3.81. The number of hydrogen-bond donors (Lipinski definition) is 2. The van der Waals surface area contributed by atoms with Crippen LogP contribution in [-0.2, 0) is 11.3 Å². The molecular weight excluding hydrogens is 233 g/mol. The van der Waals surface area contributed by atoms with Crippen LogP contribution < -0.4 is 16.4 Å². The summed E-state index contributed by atoms with van der Waals surface area (Å²) in [4.78, 5) is 13.3. The molecule has 0 aromatic heterocycles. The first kappa shape index (κ1) is 12.8.